The molecule has 2 aromatic heterocycles. The first-order chi connectivity index (χ1) is 7.40. The maximum Gasteiger partial charge on any atom is 0.159 e. The van der Waals surface area contributed by atoms with Gasteiger partial charge < -0.3 is 5.32 Å². The molecule has 0 aromatic carbocycles. The van der Waals surface area contributed by atoms with Gasteiger partial charge in [0.15, 0.2) is 5.01 Å². The van der Waals surface area contributed by atoms with Crippen molar-refractivity contribution in [1.29, 1.82) is 0 Å². The Morgan fingerprint density at radius 1 is 1.40 bits per heavy atom. The molecule has 80 valence electrons. The Morgan fingerprint density at radius 2 is 2.33 bits per heavy atom. The molecule has 1 N–H and O–H groups in total. The molecule has 0 aliphatic rings. The van der Waals surface area contributed by atoms with E-state index in [0.29, 0.717) is 0 Å². The zero-order valence-corrected chi connectivity index (χ0v) is 10.1. The van der Waals surface area contributed by atoms with Gasteiger partial charge in [0.25, 0.3) is 0 Å². The average Bonchev–Trinajstić information content (AvgIpc) is 2.87. The lowest BCUT2D eigenvalue weighted by Gasteiger charge is -1.94. The van der Waals surface area contributed by atoms with E-state index in [1.165, 1.54) is 0 Å². The smallest absolute Gasteiger partial charge is 0.159 e. The number of hydrogen-bond acceptors (Lipinski definition) is 6. The first-order valence-corrected chi connectivity index (χ1v) is 6.45. The summed E-state index contributed by atoms with van der Waals surface area (Å²) in [6.07, 6.45) is 3.94. The number of nitrogens with one attached hydrogen (secondary N) is 1. The van der Waals surface area contributed by atoms with Crippen molar-refractivity contribution >= 4 is 22.7 Å². The lowest BCUT2D eigenvalue weighted by molar-refractivity contribution is 0.718. The Bertz CT molecular complexity index is 396. The molecule has 0 saturated carbocycles. The molecule has 2 heterocycles. The summed E-state index contributed by atoms with van der Waals surface area (Å²) in [4.78, 5) is 5.13. The summed E-state index contributed by atoms with van der Waals surface area (Å²) in [6, 6.07) is 0. The van der Waals surface area contributed by atoms with Gasteiger partial charge in [-0.3, -0.25) is 4.98 Å². The Labute approximate surface area is 96.4 Å². The van der Waals surface area contributed by atoms with Crippen LogP contribution in [0, 0.1) is 0 Å². The molecule has 0 radical (unpaired) electrons. The van der Waals surface area contributed by atoms with Gasteiger partial charge in [-0.25, -0.2) is 0 Å². The second kappa shape index (κ2) is 5.29. The van der Waals surface area contributed by atoms with E-state index in [-0.39, 0.29) is 0 Å². The molecule has 0 fully saturated rings. The van der Waals surface area contributed by atoms with Crippen LogP contribution in [0.5, 0.6) is 0 Å². The number of nitrogens with zero attached hydrogens (tertiary/aromatic N) is 3. The maximum absolute atomic E-state index is 4.16. The summed E-state index contributed by atoms with van der Waals surface area (Å²) in [6.45, 7) is 1.02. The Balaban J connectivity index is 1.98. The summed E-state index contributed by atoms with van der Waals surface area (Å²) < 4.78 is 0. The van der Waals surface area contributed by atoms with Crippen LogP contribution in [0.4, 0.5) is 0 Å². The molecule has 6 heteroatoms. The quantitative estimate of drug-likeness (QED) is 0.810. The van der Waals surface area contributed by atoms with Gasteiger partial charge in [-0.2, -0.15) is 0 Å². The normalized spacial score (nSPS) is 10.7. The van der Waals surface area contributed by atoms with Crippen molar-refractivity contribution in [3.8, 4) is 9.88 Å². The fourth-order valence-electron chi connectivity index (χ4n) is 1.19. The number of hydrogen-bond donors (Lipinski definition) is 1. The summed E-state index contributed by atoms with van der Waals surface area (Å²) in [7, 11) is 1.96. The molecule has 0 spiro atoms. The van der Waals surface area contributed by atoms with E-state index in [1.54, 1.807) is 22.7 Å². The SMILES string of the molecule is CNCCCc1nnc(-c2cncs2)s1. The topological polar surface area (TPSA) is 50.7 Å². The summed E-state index contributed by atoms with van der Waals surface area (Å²) in [5.74, 6) is 0. The summed E-state index contributed by atoms with van der Waals surface area (Å²) >= 11 is 3.26. The van der Waals surface area contributed by atoms with Crippen LogP contribution in [0.3, 0.4) is 0 Å². The van der Waals surface area contributed by atoms with Crippen molar-refractivity contribution in [3.05, 3.63) is 16.7 Å². The molecule has 2 rings (SSSR count). The van der Waals surface area contributed by atoms with Crippen molar-refractivity contribution in [2.45, 2.75) is 12.8 Å². The second-order valence-electron chi connectivity index (χ2n) is 3.07. The number of thiazole rings is 1. The minimum atomic E-state index is 0.983. The van der Waals surface area contributed by atoms with Gasteiger partial charge in [-0.15, -0.1) is 21.5 Å². The third kappa shape index (κ3) is 2.80. The molecule has 0 atom stereocenters. The summed E-state index contributed by atoms with van der Waals surface area (Å²) in [5.41, 5.74) is 1.82. The van der Waals surface area contributed by atoms with Gasteiger partial charge in [0, 0.05) is 12.6 Å². The number of rotatable bonds is 5. The lowest BCUT2D eigenvalue weighted by atomic mass is 10.3. The van der Waals surface area contributed by atoms with Gasteiger partial charge in [-0.1, -0.05) is 11.3 Å². The van der Waals surface area contributed by atoms with E-state index in [4.69, 9.17) is 0 Å². The molecule has 0 unspecified atom stereocenters. The molecular weight excluding hydrogens is 228 g/mol. The highest BCUT2D eigenvalue weighted by atomic mass is 32.1. The highest BCUT2D eigenvalue weighted by Crippen LogP contribution is 2.26. The second-order valence-corrected chi connectivity index (χ2v) is 5.02. The van der Waals surface area contributed by atoms with Crippen LogP contribution in [-0.4, -0.2) is 28.8 Å². The molecule has 0 saturated heterocycles. The molecule has 0 amide bonds. The van der Waals surface area contributed by atoms with E-state index in [2.05, 4.69) is 20.5 Å². The third-order valence-electron chi connectivity index (χ3n) is 1.93. The Kier molecular flexibility index (Phi) is 3.76. The van der Waals surface area contributed by atoms with Gasteiger partial charge in [0.2, 0.25) is 0 Å². The average molecular weight is 240 g/mol. The van der Waals surface area contributed by atoms with Crippen LogP contribution >= 0.6 is 22.7 Å². The Hall–Kier alpha value is -0.850. The maximum atomic E-state index is 4.16. The Morgan fingerprint density at radius 3 is 3.07 bits per heavy atom. The first-order valence-electron chi connectivity index (χ1n) is 4.76. The monoisotopic (exact) mass is 240 g/mol. The predicted molar refractivity (Wildman–Crippen MR) is 63.3 cm³/mol. The largest absolute Gasteiger partial charge is 0.320 e. The van der Waals surface area contributed by atoms with Crippen LogP contribution in [0.15, 0.2) is 11.7 Å². The fourth-order valence-corrected chi connectivity index (χ4v) is 2.75. The van der Waals surface area contributed by atoms with E-state index in [9.17, 15) is 0 Å². The molecule has 0 aliphatic carbocycles. The molecule has 0 bridgehead atoms. The summed E-state index contributed by atoms with van der Waals surface area (Å²) in [5, 5.41) is 13.5. The number of aromatic nitrogens is 3. The van der Waals surface area contributed by atoms with E-state index < -0.39 is 0 Å². The minimum Gasteiger partial charge on any atom is -0.320 e. The molecule has 15 heavy (non-hydrogen) atoms. The zero-order valence-electron chi connectivity index (χ0n) is 8.43. The van der Waals surface area contributed by atoms with E-state index >= 15 is 0 Å². The standard InChI is InChI=1S/C9H12N4S2/c1-10-4-2-3-8-12-13-9(15-8)7-5-11-6-14-7/h5-6,10H,2-4H2,1H3. The first kappa shape index (κ1) is 10.7. The van der Waals surface area contributed by atoms with Crippen LogP contribution in [0.2, 0.25) is 0 Å². The highest BCUT2D eigenvalue weighted by Gasteiger charge is 2.07. The van der Waals surface area contributed by atoms with Crippen molar-refractivity contribution in [1.82, 2.24) is 20.5 Å². The predicted octanol–water partition coefficient (Wildman–Crippen LogP) is 1.81. The van der Waals surface area contributed by atoms with Gasteiger partial charge in [0.05, 0.1) is 10.4 Å². The van der Waals surface area contributed by atoms with Crippen LogP contribution in [0.1, 0.15) is 11.4 Å². The van der Waals surface area contributed by atoms with Gasteiger partial charge in [-0.05, 0) is 20.0 Å². The van der Waals surface area contributed by atoms with Crippen LogP contribution in [-0.2, 0) is 6.42 Å². The van der Waals surface area contributed by atoms with Gasteiger partial charge >= 0.3 is 0 Å². The fraction of sp³-hybridized carbons (Fsp3) is 0.444. The molecule has 4 nitrogen and oxygen atoms in total. The number of aryl methyl sites for hydroxylation is 1. The lowest BCUT2D eigenvalue weighted by Crippen LogP contribution is -2.08. The zero-order chi connectivity index (χ0) is 10.5. The van der Waals surface area contributed by atoms with Crippen LogP contribution in [0.25, 0.3) is 9.88 Å². The van der Waals surface area contributed by atoms with Crippen LogP contribution < -0.4 is 5.32 Å². The molecular formula is C9H12N4S2. The highest BCUT2D eigenvalue weighted by molar-refractivity contribution is 7.20. The van der Waals surface area contributed by atoms with Crippen molar-refractivity contribution in [3.63, 3.8) is 0 Å². The van der Waals surface area contributed by atoms with Crippen molar-refractivity contribution < 1.29 is 0 Å². The van der Waals surface area contributed by atoms with E-state index in [0.717, 1.165) is 34.3 Å². The van der Waals surface area contributed by atoms with Crippen molar-refractivity contribution in [2.24, 2.45) is 0 Å². The molecule has 0 aliphatic heterocycles. The molecule has 2 aromatic rings. The van der Waals surface area contributed by atoms with Gasteiger partial charge in [0.1, 0.15) is 5.01 Å². The third-order valence-corrected chi connectivity index (χ3v) is 3.85. The van der Waals surface area contributed by atoms with Crippen molar-refractivity contribution in [2.75, 3.05) is 13.6 Å². The van der Waals surface area contributed by atoms with E-state index in [1.807, 2.05) is 18.8 Å². The minimum absolute atomic E-state index is 0.983.